The Labute approximate surface area is 70.2 Å². The van der Waals surface area contributed by atoms with Crippen molar-refractivity contribution in [3.05, 3.63) is 0 Å². The van der Waals surface area contributed by atoms with E-state index in [4.69, 9.17) is 0 Å². The Morgan fingerprint density at radius 3 is 1.82 bits per heavy atom. The standard InChI is InChI=1S/C10H20O/c1-7(2)9(5)6-10(11)8(3)4/h7-9H,6H2,1-5H3/t9-/m1/s1. The van der Waals surface area contributed by atoms with E-state index in [9.17, 15) is 4.79 Å². The van der Waals surface area contributed by atoms with Gasteiger partial charge in [0.1, 0.15) is 5.78 Å². The van der Waals surface area contributed by atoms with Crippen LogP contribution in [0.2, 0.25) is 0 Å². The third kappa shape index (κ3) is 4.18. The van der Waals surface area contributed by atoms with Crippen LogP contribution in [0.5, 0.6) is 0 Å². The monoisotopic (exact) mass is 156 g/mol. The van der Waals surface area contributed by atoms with Crippen molar-refractivity contribution in [1.82, 2.24) is 0 Å². The van der Waals surface area contributed by atoms with Gasteiger partial charge in [0, 0.05) is 12.3 Å². The van der Waals surface area contributed by atoms with Gasteiger partial charge in [0.2, 0.25) is 0 Å². The predicted octanol–water partition coefficient (Wildman–Crippen LogP) is 2.89. The van der Waals surface area contributed by atoms with Crippen LogP contribution in [0.3, 0.4) is 0 Å². The summed E-state index contributed by atoms with van der Waals surface area (Å²) in [5.41, 5.74) is 0. The average molecular weight is 156 g/mol. The van der Waals surface area contributed by atoms with E-state index < -0.39 is 0 Å². The first-order valence-corrected chi connectivity index (χ1v) is 4.47. The lowest BCUT2D eigenvalue weighted by atomic mass is 9.90. The van der Waals surface area contributed by atoms with Crippen LogP contribution in [0.25, 0.3) is 0 Å². The molecule has 0 aromatic carbocycles. The molecule has 0 radical (unpaired) electrons. The van der Waals surface area contributed by atoms with Crippen molar-refractivity contribution >= 4 is 5.78 Å². The third-order valence-electron chi connectivity index (χ3n) is 2.31. The molecule has 0 aliphatic carbocycles. The van der Waals surface area contributed by atoms with Gasteiger partial charge in [-0.3, -0.25) is 4.79 Å². The zero-order valence-electron chi connectivity index (χ0n) is 8.35. The molecule has 0 fully saturated rings. The number of carbonyl (C=O) groups is 1. The molecule has 0 spiro atoms. The summed E-state index contributed by atoms with van der Waals surface area (Å²) >= 11 is 0. The molecule has 0 unspecified atom stereocenters. The number of ketones is 1. The highest BCUT2D eigenvalue weighted by Crippen LogP contribution is 2.16. The number of hydrogen-bond acceptors (Lipinski definition) is 1. The fraction of sp³-hybridized carbons (Fsp3) is 0.900. The Kier molecular flexibility index (Phi) is 4.39. The first-order chi connectivity index (χ1) is 4.95. The summed E-state index contributed by atoms with van der Waals surface area (Å²) in [6.45, 7) is 10.4. The van der Waals surface area contributed by atoms with Crippen LogP contribution in [0.4, 0.5) is 0 Å². The fourth-order valence-electron chi connectivity index (χ4n) is 0.789. The molecule has 1 nitrogen and oxygen atoms in total. The Bertz CT molecular complexity index is 125. The average Bonchev–Trinajstić information content (AvgIpc) is 1.87. The van der Waals surface area contributed by atoms with Gasteiger partial charge in [0.15, 0.2) is 0 Å². The van der Waals surface area contributed by atoms with Gasteiger partial charge >= 0.3 is 0 Å². The zero-order chi connectivity index (χ0) is 9.02. The van der Waals surface area contributed by atoms with Gasteiger partial charge in [-0.25, -0.2) is 0 Å². The molecule has 0 aromatic rings. The Morgan fingerprint density at radius 1 is 1.09 bits per heavy atom. The van der Waals surface area contributed by atoms with Crippen molar-refractivity contribution in [3.63, 3.8) is 0 Å². The Hall–Kier alpha value is -0.330. The van der Waals surface area contributed by atoms with E-state index in [1.54, 1.807) is 0 Å². The maximum atomic E-state index is 11.3. The summed E-state index contributed by atoms with van der Waals surface area (Å²) < 4.78 is 0. The van der Waals surface area contributed by atoms with Crippen molar-refractivity contribution in [2.24, 2.45) is 17.8 Å². The van der Waals surface area contributed by atoms with Crippen molar-refractivity contribution in [3.8, 4) is 0 Å². The van der Waals surface area contributed by atoms with E-state index in [1.807, 2.05) is 13.8 Å². The lowest BCUT2D eigenvalue weighted by Gasteiger charge is -2.15. The van der Waals surface area contributed by atoms with Crippen molar-refractivity contribution in [2.75, 3.05) is 0 Å². The van der Waals surface area contributed by atoms with Crippen molar-refractivity contribution in [1.29, 1.82) is 0 Å². The number of rotatable bonds is 4. The van der Waals surface area contributed by atoms with Crippen LogP contribution < -0.4 is 0 Å². The molecule has 66 valence electrons. The highest BCUT2D eigenvalue weighted by Gasteiger charge is 2.14. The molecular formula is C10H20O. The molecule has 0 aliphatic heterocycles. The third-order valence-corrected chi connectivity index (χ3v) is 2.31. The largest absolute Gasteiger partial charge is 0.299 e. The van der Waals surface area contributed by atoms with Crippen LogP contribution in [0.1, 0.15) is 41.0 Å². The van der Waals surface area contributed by atoms with Gasteiger partial charge in [0.25, 0.3) is 0 Å². The summed E-state index contributed by atoms with van der Waals surface area (Å²) in [4.78, 5) is 11.3. The smallest absolute Gasteiger partial charge is 0.135 e. The van der Waals surface area contributed by atoms with Gasteiger partial charge in [-0.15, -0.1) is 0 Å². The molecule has 1 heteroatoms. The van der Waals surface area contributed by atoms with Crippen LogP contribution in [-0.2, 0) is 4.79 Å². The molecule has 0 aromatic heterocycles. The molecule has 0 amide bonds. The van der Waals surface area contributed by atoms with Crippen LogP contribution in [-0.4, -0.2) is 5.78 Å². The SMILES string of the molecule is CC(C)C(=O)C[C@@H](C)C(C)C. The first-order valence-electron chi connectivity index (χ1n) is 4.47. The lowest BCUT2D eigenvalue weighted by Crippen LogP contribution is -2.14. The summed E-state index contributed by atoms with van der Waals surface area (Å²) in [5, 5.41) is 0. The summed E-state index contributed by atoms with van der Waals surface area (Å²) in [6, 6.07) is 0. The van der Waals surface area contributed by atoms with Gasteiger partial charge in [-0.2, -0.15) is 0 Å². The lowest BCUT2D eigenvalue weighted by molar-refractivity contribution is -0.123. The minimum atomic E-state index is 0.205. The minimum Gasteiger partial charge on any atom is -0.299 e. The number of hydrogen-bond donors (Lipinski definition) is 0. The van der Waals surface area contributed by atoms with Crippen LogP contribution in [0, 0.1) is 17.8 Å². The predicted molar refractivity (Wildman–Crippen MR) is 48.5 cm³/mol. The van der Waals surface area contributed by atoms with E-state index in [2.05, 4.69) is 20.8 Å². The molecule has 0 heterocycles. The zero-order valence-corrected chi connectivity index (χ0v) is 8.35. The number of Topliss-reactive ketones (excluding diaryl/α,β-unsaturated/α-hetero) is 1. The van der Waals surface area contributed by atoms with Gasteiger partial charge in [0.05, 0.1) is 0 Å². The fourth-order valence-corrected chi connectivity index (χ4v) is 0.789. The molecule has 0 aliphatic rings. The van der Waals surface area contributed by atoms with Gasteiger partial charge in [-0.1, -0.05) is 34.6 Å². The Balaban J connectivity index is 3.76. The molecule has 0 saturated heterocycles. The molecule has 11 heavy (non-hydrogen) atoms. The molecule has 0 N–H and O–H groups in total. The summed E-state index contributed by atoms with van der Waals surface area (Å²) in [6.07, 6.45) is 0.745. The molecule has 0 bridgehead atoms. The van der Waals surface area contributed by atoms with E-state index >= 15 is 0 Å². The molecule has 0 saturated carbocycles. The molecule has 0 rings (SSSR count). The number of carbonyl (C=O) groups excluding carboxylic acids is 1. The van der Waals surface area contributed by atoms with E-state index in [0.717, 1.165) is 6.42 Å². The molecule has 1 atom stereocenters. The maximum Gasteiger partial charge on any atom is 0.135 e. The van der Waals surface area contributed by atoms with Crippen LogP contribution in [0.15, 0.2) is 0 Å². The highest BCUT2D eigenvalue weighted by atomic mass is 16.1. The van der Waals surface area contributed by atoms with E-state index in [-0.39, 0.29) is 5.92 Å². The second-order valence-electron chi connectivity index (χ2n) is 4.05. The Morgan fingerprint density at radius 2 is 1.55 bits per heavy atom. The second-order valence-corrected chi connectivity index (χ2v) is 4.05. The second kappa shape index (κ2) is 4.53. The molecular weight excluding hydrogens is 136 g/mol. The van der Waals surface area contributed by atoms with Gasteiger partial charge in [-0.05, 0) is 11.8 Å². The first kappa shape index (κ1) is 10.7. The highest BCUT2D eigenvalue weighted by molar-refractivity contribution is 5.80. The van der Waals surface area contributed by atoms with Crippen molar-refractivity contribution in [2.45, 2.75) is 41.0 Å². The summed E-state index contributed by atoms with van der Waals surface area (Å²) in [7, 11) is 0. The minimum absolute atomic E-state index is 0.205. The maximum absolute atomic E-state index is 11.3. The van der Waals surface area contributed by atoms with E-state index in [1.165, 1.54) is 0 Å². The van der Waals surface area contributed by atoms with Crippen molar-refractivity contribution < 1.29 is 4.79 Å². The van der Waals surface area contributed by atoms with E-state index in [0.29, 0.717) is 17.6 Å². The normalized spacial score (nSPS) is 14.1. The van der Waals surface area contributed by atoms with Crippen LogP contribution >= 0.6 is 0 Å². The topological polar surface area (TPSA) is 17.1 Å². The quantitative estimate of drug-likeness (QED) is 0.611. The summed E-state index contributed by atoms with van der Waals surface area (Å²) in [5.74, 6) is 1.75. The van der Waals surface area contributed by atoms with Gasteiger partial charge < -0.3 is 0 Å².